The van der Waals surface area contributed by atoms with Crippen LogP contribution in [0.4, 0.5) is 0 Å². The molecule has 0 unspecified atom stereocenters. The molecule has 1 aromatic rings. The average Bonchev–Trinajstić information content (AvgIpc) is 2.91. The van der Waals surface area contributed by atoms with Gasteiger partial charge in [0.25, 0.3) is 0 Å². The Kier molecular flexibility index (Phi) is 5.28. The molecule has 1 atom stereocenters. The first kappa shape index (κ1) is 16.3. The van der Waals surface area contributed by atoms with Crippen molar-refractivity contribution in [1.29, 1.82) is 5.26 Å². The predicted octanol–water partition coefficient (Wildman–Crippen LogP) is 3.62. The molecule has 0 aliphatic heterocycles. The van der Waals surface area contributed by atoms with Crippen molar-refractivity contribution in [3.63, 3.8) is 0 Å². The van der Waals surface area contributed by atoms with Gasteiger partial charge in [-0.25, -0.2) is 4.98 Å². The molecule has 1 saturated carbocycles. The Morgan fingerprint density at radius 1 is 1.52 bits per heavy atom. The number of thioether (sulfide) groups is 1. The van der Waals surface area contributed by atoms with E-state index < -0.39 is 5.54 Å². The standard InChI is InChI=1S/C15H21N3OS2/c1-11-9-20-14(17-11)21-12(2)13(19)18(3)15(10-16)7-5-4-6-8-15/h9,12H,4-8H2,1-3H3/t12-/m0/s1. The highest BCUT2D eigenvalue weighted by molar-refractivity contribution is 8.02. The van der Waals surface area contributed by atoms with Gasteiger partial charge in [0.05, 0.1) is 11.3 Å². The summed E-state index contributed by atoms with van der Waals surface area (Å²) in [6.45, 7) is 3.85. The van der Waals surface area contributed by atoms with Crippen LogP contribution in [0.25, 0.3) is 0 Å². The molecule has 2 rings (SSSR count). The number of hydrogen-bond donors (Lipinski definition) is 0. The van der Waals surface area contributed by atoms with Gasteiger partial charge < -0.3 is 4.90 Å². The highest BCUT2D eigenvalue weighted by Gasteiger charge is 2.40. The third-order valence-electron chi connectivity index (χ3n) is 4.08. The van der Waals surface area contributed by atoms with Crippen molar-refractivity contribution in [3.8, 4) is 6.07 Å². The maximum atomic E-state index is 12.6. The number of carbonyl (C=O) groups is 1. The van der Waals surface area contributed by atoms with Crippen molar-refractivity contribution in [1.82, 2.24) is 9.88 Å². The summed E-state index contributed by atoms with van der Waals surface area (Å²) in [5.41, 5.74) is 0.374. The second-order valence-electron chi connectivity index (χ2n) is 5.62. The normalized spacial score (nSPS) is 18.8. The minimum absolute atomic E-state index is 0.0244. The van der Waals surface area contributed by atoms with Gasteiger partial charge in [0, 0.05) is 18.1 Å². The van der Waals surface area contributed by atoms with Crippen LogP contribution in [0.1, 0.15) is 44.7 Å². The molecular formula is C15H21N3OS2. The smallest absolute Gasteiger partial charge is 0.236 e. The molecule has 0 bridgehead atoms. The number of hydrogen-bond acceptors (Lipinski definition) is 5. The Balaban J connectivity index is 2.05. The molecule has 114 valence electrons. The molecule has 21 heavy (non-hydrogen) atoms. The van der Waals surface area contributed by atoms with E-state index in [0.717, 1.165) is 42.1 Å². The minimum Gasteiger partial charge on any atom is -0.326 e. The maximum Gasteiger partial charge on any atom is 0.236 e. The van der Waals surface area contributed by atoms with E-state index in [1.165, 1.54) is 11.8 Å². The fourth-order valence-corrected chi connectivity index (χ4v) is 4.81. The molecule has 1 heterocycles. The van der Waals surface area contributed by atoms with Crippen molar-refractivity contribution in [2.75, 3.05) is 7.05 Å². The largest absolute Gasteiger partial charge is 0.326 e. The van der Waals surface area contributed by atoms with Crippen molar-refractivity contribution in [2.45, 2.75) is 61.1 Å². The Labute approximate surface area is 134 Å². The maximum absolute atomic E-state index is 12.6. The molecule has 0 N–H and O–H groups in total. The summed E-state index contributed by atoms with van der Waals surface area (Å²) >= 11 is 3.04. The summed E-state index contributed by atoms with van der Waals surface area (Å²) in [4.78, 5) is 18.7. The third kappa shape index (κ3) is 3.58. The molecule has 4 nitrogen and oxygen atoms in total. The second-order valence-corrected chi connectivity index (χ2v) is 8.06. The molecule has 1 amide bonds. The van der Waals surface area contributed by atoms with Crippen LogP contribution in [0.15, 0.2) is 9.72 Å². The Bertz CT molecular complexity index is 543. The van der Waals surface area contributed by atoms with E-state index in [1.54, 1.807) is 23.3 Å². The Hall–Kier alpha value is -1.06. The predicted molar refractivity (Wildman–Crippen MR) is 86.4 cm³/mol. The number of aromatic nitrogens is 1. The van der Waals surface area contributed by atoms with E-state index in [4.69, 9.17) is 0 Å². The topological polar surface area (TPSA) is 57.0 Å². The molecule has 0 saturated heterocycles. The van der Waals surface area contributed by atoms with E-state index >= 15 is 0 Å². The van der Waals surface area contributed by atoms with Gasteiger partial charge in [-0.05, 0) is 26.7 Å². The first-order valence-corrected chi connectivity index (χ1v) is 9.02. The summed E-state index contributed by atoms with van der Waals surface area (Å²) in [7, 11) is 1.78. The van der Waals surface area contributed by atoms with Crippen LogP contribution >= 0.6 is 23.1 Å². The SMILES string of the molecule is Cc1csc(S[C@@H](C)C(=O)N(C)C2(C#N)CCCCC2)n1. The van der Waals surface area contributed by atoms with Crippen molar-refractivity contribution in [3.05, 3.63) is 11.1 Å². The van der Waals surface area contributed by atoms with E-state index in [0.29, 0.717) is 0 Å². The summed E-state index contributed by atoms with van der Waals surface area (Å²) in [6, 6.07) is 2.40. The van der Waals surface area contributed by atoms with Crippen LogP contribution in [-0.4, -0.2) is 33.6 Å². The number of thiazole rings is 1. The number of rotatable bonds is 4. The zero-order chi connectivity index (χ0) is 15.5. The first-order valence-electron chi connectivity index (χ1n) is 7.26. The summed E-state index contributed by atoms with van der Waals surface area (Å²) in [6.07, 6.45) is 4.80. The Morgan fingerprint density at radius 2 is 2.19 bits per heavy atom. The van der Waals surface area contributed by atoms with Gasteiger partial charge in [0.1, 0.15) is 5.54 Å². The molecule has 1 aromatic heterocycles. The summed E-state index contributed by atoms with van der Waals surface area (Å²) in [5.74, 6) is 0.0244. The molecule has 1 aliphatic rings. The van der Waals surface area contributed by atoms with E-state index in [2.05, 4.69) is 11.1 Å². The number of nitriles is 1. The van der Waals surface area contributed by atoms with Crippen LogP contribution < -0.4 is 0 Å². The molecule has 1 fully saturated rings. The fraction of sp³-hybridized carbons (Fsp3) is 0.667. The van der Waals surface area contributed by atoms with Gasteiger partial charge in [0.2, 0.25) is 5.91 Å². The van der Waals surface area contributed by atoms with Crippen LogP contribution in [0.3, 0.4) is 0 Å². The highest BCUT2D eigenvalue weighted by Crippen LogP contribution is 2.35. The molecule has 0 aromatic carbocycles. The van der Waals surface area contributed by atoms with Crippen molar-refractivity contribution in [2.24, 2.45) is 0 Å². The van der Waals surface area contributed by atoms with Gasteiger partial charge in [-0.15, -0.1) is 11.3 Å². The number of amides is 1. The average molecular weight is 323 g/mol. The van der Waals surface area contributed by atoms with Gasteiger partial charge in [0.15, 0.2) is 4.34 Å². The van der Waals surface area contributed by atoms with Crippen LogP contribution in [0, 0.1) is 18.3 Å². The lowest BCUT2D eigenvalue weighted by Crippen LogP contribution is -2.52. The molecule has 6 heteroatoms. The van der Waals surface area contributed by atoms with Crippen LogP contribution in [0.2, 0.25) is 0 Å². The van der Waals surface area contributed by atoms with Gasteiger partial charge in [-0.3, -0.25) is 4.79 Å². The molecular weight excluding hydrogens is 302 g/mol. The van der Waals surface area contributed by atoms with Gasteiger partial charge in [-0.2, -0.15) is 5.26 Å². The number of carbonyl (C=O) groups excluding carboxylic acids is 1. The lowest BCUT2D eigenvalue weighted by Gasteiger charge is -2.40. The van der Waals surface area contributed by atoms with E-state index in [1.807, 2.05) is 19.2 Å². The highest BCUT2D eigenvalue weighted by atomic mass is 32.2. The van der Waals surface area contributed by atoms with Gasteiger partial charge >= 0.3 is 0 Å². The summed E-state index contributed by atoms with van der Waals surface area (Å²) in [5, 5.41) is 11.3. The first-order chi connectivity index (χ1) is 9.98. The minimum atomic E-state index is -0.608. The van der Waals surface area contributed by atoms with E-state index in [-0.39, 0.29) is 11.2 Å². The van der Waals surface area contributed by atoms with E-state index in [9.17, 15) is 10.1 Å². The molecule has 0 spiro atoms. The lowest BCUT2D eigenvalue weighted by molar-refractivity contribution is -0.133. The summed E-state index contributed by atoms with van der Waals surface area (Å²) < 4.78 is 0.913. The number of aryl methyl sites for hydroxylation is 1. The zero-order valence-corrected chi connectivity index (χ0v) is 14.4. The molecule has 0 radical (unpaired) electrons. The molecule has 1 aliphatic carbocycles. The quantitative estimate of drug-likeness (QED) is 0.794. The zero-order valence-electron chi connectivity index (χ0n) is 12.8. The van der Waals surface area contributed by atoms with Crippen LogP contribution in [0.5, 0.6) is 0 Å². The monoisotopic (exact) mass is 323 g/mol. The second kappa shape index (κ2) is 6.80. The fourth-order valence-electron chi connectivity index (χ4n) is 2.73. The van der Waals surface area contributed by atoms with Crippen molar-refractivity contribution >= 4 is 29.0 Å². The number of nitrogens with zero attached hydrogens (tertiary/aromatic N) is 3. The van der Waals surface area contributed by atoms with Crippen LogP contribution in [-0.2, 0) is 4.79 Å². The lowest BCUT2D eigenvalue weighted by atomic mass is 9.81. The third-order valence-corrected chi connectivity index (χ3v) is 6.26. The van der Waals surface area contributed by atoms with Crippen molar-refractivity contribution < 1.29 is 4.79 Å². The Morgan fingerprint density at radius 3 is 2.71 bits per heavy atom. The van der Waals surface area contributed by atoms with Gasteiger partial charge in [-0.1, -0.05) is 31.0 Å².